The lowest BCUT2D eigenvalue weighted by Gasteiger charge is -2.14. The van der Waals surface area contributed by atoms with Crippen molar-refractivity contribution in [2.45, 2.75) is 39.0 Å². The summed E-state index contributed by atoms with van der Waals surface area (Å²) in [5.74, 6) is -0.320. The summed E-state index contributed by atoms with van der Waals surface area (Å²) in [7, 11) is 0. The van der Waals surface area contributed by atoms with Gasteiger partial charge in [0.25, 0.3) is 0 Å². The first-order valence-electron chi connectivity index (χ1n) is 8.19. The van der Waals surface area contributed by atoms with Crippen LogP contribution >= 0.6 is 12.2 Å². The topological polar surface area (TPSA) is 50.4 Å². The molecule has 0 aliphatic heterocycles. The Morgan fingerprint density at radius 3 is 2.96 bits per heavy atom. The summed E-state index contributed by atoms with van der Waals surface area (Å²) in [5, 5.41) is 6.90. The molecule has 0 bridgehead atoms. The fourth-order valence-electron chi connectivity index (χ4n) is 2.58. The predicted octanol–water partition coefficient (Wildman–Crippen LogP) is 4.04. The maximum Gasteiger partial charge on any atom is 0.338 e. The van der Waals surface area contributed by atoms with E-state index in [-0.39, 0.29) is 5.97 Å². The van der Waals surface area contributed by atoms with Crippen molar-refractivity contribution < 1.29 is 9.53 Å². The lowest BCUT2D eigenvalue weighted by Crippen LogP contribution is -2.29. The van der Waals surface area contributed by atoms with Gasteiger partial charge in [-0.3, -0.25) is 0 Å². The van der Waals surface area contributed by atoms with Gasteiger partial charge in [-0.05, 0) is 69.4 Å². The first-order chi connectivity index (χ1) is 11.2. The van der Waals surface area contributed by atoms with Gasteiger partial charge >= 0.3 is 5.97 Å². The van der Waals surface area contributed by atoms with E-state index in [0.29, 0.717) is 17.3 Å². The Hall–Kier alpha value is -1.88. The molecule has 0 radical (unpaired) electrons. The summed E-state index contributed by atoms with van der Waals surface area (Å²) in [6.07, 6.45) is 8.42. The second-order valence-electron chi connectivity index (χ2n) is 5.54. The molecule has 0 saturated carbocycles. The molecule has 0 atom stereocenters. The number of carbonyl (C=O) groups is 1. The normalized spacial score (nSPS) is 13.9. The molecule has 124 valence electrons. The molecule has 1 aromatic rings. The lowest BCUT2D eigenvalue weighted by molar-refractivity contribution is 0.0526. The minimum absolute atomic E-state index is 0.320. The van der Waals surface area contributed by atoms with Crippen LogP contribution in [-0.2, 0) is 4.74 Å². The molecule has 1 aliphatic rings. The Morgan fingerprint density at radius 2 is 2.22 bits per heavy atom. The van der Waals surface area contributed by atoms with Crippen LogP contribution in [0.4, 0.5) is 5.69 Å². The van der Waals surface area contributed by atoms with Crippen molar-refractivity contribution in [2.75, 3.05) is 18.5 Å². The van der Waals surface area contributed by atoms with E-state index in [1.165, 1.54) is 31.3 Å². The number of allylic oxidation sites excluding steroid dienone is 1. The predicted molar refractivity (Wildman–Crippen MR) is 97.8 cm³/mol. The molecule has 0 unspecified atom stereocenters. The summed E-state index contributed by atoms with van der Waals surface area (Å²) in [6.45, 7) is 2.99. The molecule has 0 fully saturated rings. The van der Waals surface area contributed by atoms with E-state index >= 15 is 0 Å². The zero-order valence-corrected chi connectivity index (χ0v) is 14.4. The van der Waals surface area contributed by atoms with Gasteiger partial charge in [0.1, 0.15) is 0 Å². The SMILES string of the molecule is CCOC(=O)c1cccc(NC(=S)NCCC2=CCCCC2)c1. The molecular formula is C18H24N2O2S. The lowest BCUT2D eigenvalue weighted by atomic mass is 9.97. The number of ether oxygens (including phenoxy) is 1. The van der Waals surface area contributed by atoms with Crippen molar-refractivity contribution in [1.29, 1.82) is 0 Å². The van der Waals surface area contributed by atoms with Gasteiger partial charge in [0, 0.05) is 12.2 Å². The van der Waals surface area contributed by atoms with Gasteiger partial charge in [0.15, 0.2) is 5.11 Å². The second kappa shape index (κ2) is 9.30. The number of anilines is 1. The molecular weight excluding hydrogens is 308 g/mol. The Bertz CT molecular complexity index is 584. The van der Waals surface area contributed by atoms with E-state index in [2.05, 4.69) is 16.7 Å². The highest BCUT2D eigenvalue weighted by atomic mass is 32.1. The number of benzene rings is 1. The first kappa shape index (κ1) is 17.5. The van der Waals surface area contributed by atoms with Crippen LogP contribution in [0, 0.1) is 0 Å². The fraction of sp³-hybridized carbons (Fsp3) is 0.444. The molecule has 0 heterocycles. The largest absolute Gasteiger partial charge is 0.462 e. The number of esters is 1. The van der Waals surface area contributed by atoms with E-state index in [4.69, 9.17) is 17.0 Å². The Morgan fingerprint density at radius 1 is 1.35 bits per heavy atom. The summed E-state index contributed by atoms with van der Waals surface area (Å²) >= 11 is 5.31. The standard InChI is InChI=1S/C18H24N2O2S/c1-2-22-17(21)15-9-6-10-16(13-15)20-18(23)19-12-11-14-7-4-3-5-8-14/h6-7,9-10,13H,2-5,8,11-12H2,1H3,(H2,19,20,23). The summed E-state index contributed by atoms with van der Waals surface area (Å²) in [4.78, 5) is 11.7. The number of carbonyl (C=O) groups excluding carboxylic acids is 1. The van der Waals surface area contributed by atoms with Gasteiger partial charge < -0.3 is 15.4 Å². The van der Waals surface area contributed by atoms with Crippen LogP contribution in [-0.4, -0.2) is 24.2 Å². The number of nitrogens with one attached hydrogen (secondary N) is 2. The molecule has 1 aliphatic carbocycles. The molecule has 0 spiro atoms. The minimum atomic E-state index is -0.320. The summed E-state index contributed by atoms with van der Waals surface area (Å²) in [6, 6.07) is 7.16. The number of hydrogen-bond acceptors (Lipinski definition) is 3. The van der Waals surface area contributed by atoms with Crippen LogP contribution in [0.1, 0.15) is 49.4 Å². The first-order valence-corrected chi connectivity index (χ1v) is 8.60. The van der Waals surface area contributed by atoms with E-state index in [9.17, 15) is 4.79 Å². The Kier molecular flexibility index (Phi) is 7.07. The maximum atomic E-state index is 11.7. The molecule has 23 heavy (non-hydrogen) atoms. The molecule has 1 aromatic carbocycles. The third-order valence-electron chi connectivity index (χ3n) is 3.75. The van der Waals surface area contributed by atoms with Crippen LogP contribution in [0.2, 0.25) is 0 Å². The molecule has 0 aromatic heterocycles. The monoisotopic (exact) mass is 332 g/mol. The highest BCUT2D eigenvalue weighted by Crippen LogP contribution is 2.19. The van der Waals surface area contributed by atoms with E-state index in [1.54, 1.807) is 19.1 Å². The fourth-order valence-corrected chi connectivity index (χ4v) is 2.80. The van der Waals surface area contributed by atoms with Gasteiger partial charge in [0.05, 0.1) is 12.2 Å². The van der Waals surface area contributed by atoms with Crippen LogP contribution in [0.15, 0.2) is 35.9 Å². The van der Waals surface area contributed by atoms with Gasteiger partial charge in [-0.25, -0.2) is 4.79 Å². The van der Waals surface area contributed by atoms with Gasteiger partial charge in [0.2, 0.25) is 0 Å². The molecule has 5 heteroatoms. The van der Waals surface area contributed by atoms with Crippen molar-refractivity contribution in [3.8, 4) is 0 Å². The van der Waals surface area contributed by atoms with Crippen molar-refractivity contribution in [2.24, 2.45) is 0 Å². The third kappa shape index (κ3) is 6.02. The molecule has 0 amide bonds. The van der Waals surface area contributed by atoms with Crippen LogP contribution in [0.3, 0.4) is 0 Å². The van der Waals surface area contributed by atoms with Crippen LogP contribution < -0.4 is 10.6 Å². The third-order valence-corrected chi connectivity index (χ3v) is 3.99. The van der Waals surface area contributed by atoms with Gasteiger partial charge in [-0.2, -0.15) is 0 Å². The minimum Gasteiger partial charge on any atom is -0.462 e. The highest BCUT2D eigenvalue weighted by Gasteiger charge is 2.08. The van der Waals surface area contributed by atoms with Crippen molar-refractivity contribution >= 4 is 29.0 Å². The van der Waals surface area contributed by atoms with E-state index in [1.807, 2.05) is 12.1 Å². The van der Waals surface area contributed by atoms with Crippen molar-refractivity contribution in [3.63, 3.8) is 0 Å². The van der Waals surface area contributed by atoms with Crippen molar-refractivity contribution in [1.82, 2.24) is 5.32 Å². The smallest absolute Gasteiger partial charge is 0.338 e. The quantitative estimate of drug-likeness (QED) is 0.468. The van der Waals surface area contributed by atoms with Crippen LogP contribution in [0.25, 0.3) is 0 Å². The summed E-state index contributed by atoms with van der Waals surface area (Å²) in [5.41, 5.74) is 2.83. The summed E-state index contributed by atoms with van der Waals surface area (Å²) < 4.78 is 5.00. The number of thiocarbonyl (C=S) groups is 1. The Labute approximate surface area is 143 Å². The van der Waals surface area contributed by atoms with E-state index < -0.39 is 0 Å². The van der Waals surface area contributed by atoms with Gasteiger partial charge in [-0.1, -0.05) is 17.7 Å². The molecule has 2 rings (SSSR count). The number of rotatable bonds is 6. The molecule has 2 N–H and O–H groups in total. The molecule has 0 saturated heterocycles. The van der Waals surface area contributed by atoms with Crippen molar-refractivity contribution in [3.05, 3.63) is 41.5 Å². The maximum absolute atomic E-state index is 11.7. The second-order valence-corrected chi connectivity index (χ2v) is 5.95. The van der Waals surface area contributed by atoms with Crippen LogP contribution in [0.5, 0.6) is 0 Å². The van der Waals surface area contributed by atoms with Gasteiger partial charge in [-0.15, -0.1) is 0 Å². The Balaban J connectivity index is 1.79. The zero-order valence-electron chi connectivity index (χ0n) is 13.6. The average molecular weight is 332 g/mol. The highest BCUT2D eigenvalue weighted by molar-refractivity contribution is 7.80. The molecule has 4 nitrogen and oxygen atoms in total. The average Bonchev–Trinajstić information content (AvgIpc) is 2.56. The zero-order chi connectivity index (χ0) is 16.5. The number of hydrogen-bond donors (Lipinski definition) is 2. The van der Waals surface area contributed by atoms with E-state index in [0.717, 1.165) is 18.7 Å².